The molecule has 7 heteroatoms. The lowest BCUT2D eigenvalue weighted by Gasteiger charge is -2.15. The fourth-order valence-corrected chi connectivity index (χ4v) is 4.64. The molecule has 1 atom stereocenters. The third-order valence-electron chi connectivity index (χ3n) is 4.98. The molecule has 2 aromatic heterocycles. The summed E-state index contributed by atoms with van der Waals surface area (Å²) in [5.41, 5.74) is 1.60. The molecule has 0 aliphatic carbocycles. The van der Waals surface area contributed by atoms with Crippen molar-refractivity contribution < 1.29 is 4.79 Å². The summed E-state index contributed by atoms with van der Waals surface area (Å²) in [6.07, 6.45) is 0.686. The Labute approximate surface area is 176 Å². The van der Waals surface area contributed by atoms with Crippen LogP contribution in [0.1, 0.15) is 24.2 Å². The predicted octanol–water partition coefficient (Wildman–Crippen LogP) is 4.49. The molecule has 0 spiro atoms. The van der Waals surface area contributed by atoms with Gasteiger partial charge in [-0.1, -0.05) is 41.9 Å². The maximum Gasteiger partial charge on any atom is 0.276 e. The van der Waals surface area contributed by atoms with Crippen molar-refractivity contribution in [2.75, 3.05) is 6.54 Å². The molecule has 0 radical (unpaired) electrons. The molecule has 4 rings (SSSR count). The summed E-state index contributed by atoms with van der Waals surface area (Å²) < 4.78 is 3.22. The number of thiophene rings is 1. The molecule has 5 nitrogen and oxygen atoms in total. The zero-order valence-electron chi connectivity index (χ0n) is 16.1. The zero-order valence-corrected chi connectivity index (χ0v) is 17.7. The number of hydrogen-bond donors (Lipinski definition) is 1. The topological polar surface area (TPSA) is 64.0 Å². The Hall–Kier alpha value is -2.70. The van der Waals surface area contributed by atoms with Crippen LogP contribution in [0.15, 0.2) is 53.3 Å². The molecule has 1 amide bonds. The number of benzene rings is 2. The molecule has 0 fully saturated rings. The maximum atomic E-state index is 13.1. The van der Waals surface area contributed by atoms with Crippen molar-refractivity contribution in [2.45, 2.75) is 26.3 Å². The van der Waals surface area contributed by atoms with Gasteiger partial charge in [-0.2, -0.15) is 5.10 Å². The molecule has 0 saturated heterocycles. The molecule has 2 heterocycles. The number of rotatable bonds is 5. The number of carbonyl (C=O) groups excluding carboxylic acids is 1. The third-order valence-corrected chi connectivity index (χ3v) is 6.51. The summed E-state index contributed by atoms with van der Waals surface area (Å²) in [4.78, 5) is 25.8. The molecule has 148 valence electrons. The first kappa shape index (κ1) is 19.6. The SMILES string of the molecule is Cc1nn([C@H](C)C(=O)NCCc2ccc(Cl)cc2)c(=O)c2c1sc1ccccc12. The monoisotopic (exact) mass is 425 g/mol. The number of hydrogen-bond acceptors (Lipinski definition) is 4. The van der Waals surface area contributed by atoms with Crippen molar-refractivity contribution in [2.24, 2.45) is 0 Å². The summed E-state index contributed by atoms with van der Waals surface area (Å²) in [6, 6.07) is 14.6. The molecule has 1 N–H and O–H groups in total. The van der Waals surface area contributed by atoms with Crippen molar-refractivity contribution >= 4 is 49.0 Å². The van der Waals surface area contributed by atoms with Crippen LogP contribution in [0.3, 0.4) is 0 Å². The van der Waals surface area contributed by atoms with Gasteiger partial charge in [-0.15, -0.1) is 11.3 Å². The van der Waals surface area contributed by atoms with Crippen LogP contribution in [0.25, 0.3) is 20.2 Å². The van der Waals surface area contributed by atoms with Crippen LogP contribution in [-0.2, 0) is 11.2 Å². The van der Waals surface area contributed by atoms with Crippen LogP contribution in [0.2, 0.25) is 5.02 Å². The van der Waals surface area contributed by atoms with E-state index in [1.165, 1.54) is 4.68 Å². The fourth-order valence-electron chi connectivity index (χ4n) is 3.38. The molecule has 0 unspecified atom stereocenters. The molecular formula is C22H20ClN3O2S. The molecule has 0 saturated carbocycles. The Morgan fingerprint density at radius 1 is 1.21 bits per heavy atom. The number of carbonyl (C=O) groups is 1. The van der Waals surface area contributed by atoms with E-state index in [9.17, 15) is 9.59 Å². The van der Waals surface area contributed by atoms with E-state index < -0.39 is 6.04 Å². The number of nitrogens with zero attached hydrogens (tertiary/aromatic N) is 2. The first-order valence-electron chi connectivity index (χ1n) is 9.38. The van der Waals surface area contributed by atoms with Gasteiger partial charge in [-0.3, -0.25) is 9.59 Å². The smallest absolute Gasteiger partial charge is 0.276 e. The fraction of sp³-hybridized carbons (Fsp3) is 0.227. The van der Waals surface area contributed by atoms with E-state index in [2.05, 4.69) is 10.4 Å². The van der Waals surface area contributed by atoms with E-state index in [1.54, 1.807) is 18.3 Å². The maximum absolute atomic E-state index is 13.1. The highest BCUT2D eigenvalue weighted by Gasteiger charge is 2.21. The van der Waals surface area contributed by atoms with Crippen molar-refractivity contribution in [3.05, 3.63) is 75.2 Å². The van der Waals surface area contributed by atoms with Gasteiger partial charge in [0, 0.05) is 21.7 Å². The quantitative estimate of drug-likeness (QED) is 0.512. The minimum absolute atomic E-state index is 0.230. The summed E-state index contributed by atoms with van der Waals surface area (Å²) in [6.45, 7) is 4.05. The molecule has 2 aromatic carbocycles. The summed E-state index contributed by atoms with van der Waals surface area (Å²) in [5.74, 6) is -0.230. The van der Waals surface area contributed by atoms with Crippen LogP contribution < -0.4 is 10.9 Å². The Morgan fingerprint density at radius 3 is 2.69 bits per heavy atom. The number of fused-ring (bicyclic) bond motifs is 3. The van der Waals surface area contributed by atoms with Gasteiger partial charge in [-0.05, 0) is 44.0 Å². The van der Waals surface area contributed by atoms with Gasteiger partial charge in [0.05, 0.1) is 15.8 Å². The number of halogens is 1. The second-order valence-corrected chi connectivity index (χ2v) is 8.47. The van der Waals surface area contributed by atoms with E-state index >= 15 is 0 Å². The molecule has 0 aliphatic rings. The zero-order chi connectivity index (χ0) is 20.5. The van der Waals surface area contributed by atoms with Crippen LogP contribution in [0, 0.1) is 6.92 Å². The summed E-state index contributed by atoms with van der Waals surface area (Å²) in [7, 11) is 0. The van der Waals surface area contributed by atoms with E-state index in [1.807, 2.05) is 55.5 Å². The average molecular weight is 426 g/mol. The number of nitrogens with one attached hydrogen (secondary N) is 1. The lowest BCUT2D eigenvalue weighted by Crippen LogP contribution is -2.38. The normalized spacial score (nSPS) is 12.4. The minimum atomic E-state index is -0.700. The lowest BCUT2D eigenvalue weighted by atomic mass is 10.1. The van der Waals surface area contributed by atoms with E-state index in [-0.39, 0.29) is 11.5 Å². The Bertz CT molecular complexity index is 1260. The van der Waals surface area contributed by atoms with E-state index in [0.717, 1.165) is 26.0 Å². The van der Waals surface area contributed by atoms with Gasteiger partial charge in [0.2, 0.25) is 5.91 Å². The highest BCUT2D eigenvalue weighted by molar-refractivity contribution is 7.26. The van der Waals surface area contributed by atoms with Crippen molar-refractivity contribution in [3.8, 4) is 0 Å². The first-order chi connectivity index (χ1) is 14.0. The first-order valence-corrected chi connectivity index (χ1v) is 10.6. The average Bonchev–Trinajstić information content (AvgIpc) is 3.12. The van der Waals surface area contributed by atoms with Gasteiger partial charge in [0.25, 0.3) is 5.56 Å². The summed E-state index contributed by atoms with van der Waals surface area (Å²) >= 11 is 7.45. The van der Waals surface area contributed by atoms with Crippen LogP contribution in [-0.4, -0.2) is 22.2 Å². The molecule has 0 bridgehead atoms. The highest BCUT2D eigenvalue weighted by Crippen LogP contribution is 2.32. The van der Waals surface area contributed by atoms with Gasteiger partial charge >= 0.3 is 0 Å². The Morgan fingerprint density at radius 2 is 1.93 bits per heavy atom. The summed E-state index contributed by atoms with van der Waals surface area (Å²) in [5, 5.41) is 9.56. The Balaban J connectivity index is 1.57. The molecule has 4 aromatic rings. The van der Waals surface area contributed by atoms with Crippen LogP contribution in [0.4, 0.5) is 0 Å². The highest BCUT2D eigenvalue weighted by atomic mass is 35.5. The number of amides is 1. The van der Waals surface area contributed by atoms with Crippen molar-refractivity contribution in [3.63, 3.8) is 0 Å². The molecule has 0 aliphatic heterocycles. The van der Waals surface area contributed by atoms with Crippen LogP contribution in [0.5, 0.6) is 0 Å². The van der Waals surface area contributed by atoms with Crippen molar-refractivity contribution in [1.29, 1.82) is 0 Å². The third kappa shape index (κ3) is 3.78. The molecule has 29 heavy (non-hydrogen) atoms. The standard InChI is InChI=1S/C22H20ClN3O2S/c1-13-20-19(17-5-3-4-6-18(17)29-20)22(28)26(25-13)14(2)21(27)24-12-11-15-7-9-16(23)10-8-15/h3-10,14H,11-12H2,1-2H3,(H,24,27)/t14-/m1/s1. The molecular weight excluding hydrogens is 406 g/mol. The lowest BCUT2D eigenvalue weighted by molar-refractivity contribution is -0.124. The minimum Gasteiger partial charge on any atom is -0.354 e. The van der Waals surface area contributed by atoms with E-state index in [0.29, 0.717) is 23.4 Å². The van der Waals surface area contributed by atoms with E-state index in [4.69, 9.17) is 11.6 Å². The van der Waals surface area contributed by atoms with Gasteiger partial charge in [-0.25, -0.2) is 4.68 Å². The largest absolute Gasteiger partial charge is 0.354 e. The van der Waals surface area contributed by atoms with Gasteiger partial charge < -0.3 is 5.32 Å². The second kappa shape index (κ2) is 7.97. The van der Waals surface area contributed by atoms with Gasteiger partial charge in [0.1, 0.15) is 6.04 Å². The number of aromatic nitrogens is 2. The van der Waals surface area contributed by atoms with Gasteiger partial charge in [0.15, 0.2) is 0 Å². The number of aryl methyl sites for hydroxylation is 1. The predicted molar refractivity (Wildman–Crippen MR) is 119 cm³/mol. The second-order valence-electron chi connectivity index (χ2n) is 6.98. The van der Waals surface area contributed by atoms with Crippen molar-refractivity contribution in [1.82, 2.24) is 15.1 Å². The Kier molecular flexibility index (Phi) is 5.39. The van der Waals surface area contributed by atoms with Crippen LogP contribution >= 0.6 is 22.9 Å².